The van der Waals surface area contributed by atoms with Gasteiger partial charge >= 0.3 is 5.97 Å². The molecule has 2 amide bonds. The van der Waals surface area contributed by atoms with Crippen molar-refractivity contribution in [1.29, 1.82) is 0 Å². The molecule has 31 heavy (non-hydrogen) atoms. The molecule has 0 radical (unpaired) electrons. The third kappa shape index (κ3) is 5.37. The van der Waals surface area contributed by atoms with E-state index in [-0.39, 0.29) is 18.9 Å². The highest BCUT2D eigenvalue weighted by atomic mass is 79.9. The number of hydrogen-bond acceptors (Lipinski definition) is 5. The summed E-state index contributed by atoms with van der Waals surface area (Å²) in [6, 6.07) is 8.57. The van der Waals surface area contributed by atoms with Crippen molar-refractivity contribution in [2.45, 2.75) is 20.3 Å². The summed E-state index contributed by atoms with van der Waals surface area (Å²) in [6.07, 6.45) is -0.0127. The molecule has 9 heteroatoms. The highest BCUT2D eigenvalue weighted by molar-refractivity contribution is 9.10. The van der Waals surface area contributed by atoms with E-state index < -0.39 is 24.4 Å². The zero-order chi connectivity index (χ0) is 22.7. The van der Waals surface area contributed by atoms with Crippen LogP contribution < -0.4 is 15.0 Å². The van der Waals surface area contributed by atoms with Crippen molar-refractivity contribution in [3.63, 3.8) is 0 Å². The Balaban J connectivity index is 1.59. The average molecular weight is 510 g/mol. The fourth-order valence-corrected chi connectivity index (χ4v) is 3.84. The number of carbonyl (C=O) groups is 3. The van der Waals surface area contributed by atoms with E-state index in [1.807, 2.05) is 26.0 Å². The third-order valence-electron chi connectivity index (χ3n) is 4.96. The van der Waals surface area contributed by atoms with E-state index in [0.29, 0.717) is 22.1 Å². The molecule has 0 aromatic heterocycles. The maximum absolute atomic E-state index is 12.5. The van der Waals surface area contributed by atoms with E-state index in [1.54, 1.807) is 18.2 Å². The molecule has 0 bridgehead atoms. The molecule has 0 aliphatic carbocycles. The molecule has 1 atom stereocenters. The van der Waals surface area contributed by atoms with Crippen molar-refractivity contribution >= 4 is 56.7 Å². The number of amides is 2. The summed E-state index contributed by atoms with van der Waals surface area (Å²) >= 11 is 9.52. The van der Waals surface area contributed by atoms with Gasteiger partial charge in [0.25, 0.3) is 5.91 Å². The Morgan fingerprint density at radius 2 is 1.90 bits per heavy atom. The van der Waals surface area contributed by atoms with Gasteiger partial charge in [0.05, 0.1) is 18.7 Å². The Hall–Kier alpha value is -2.58. The molecule has 1 fully saturated rings. The molecule has 2 aromatic carbocycles. The number of aryl methyl sites for hydroxylation is 2. The highest BCUT2D eigenvalue weighted by Crippen LogP contribution is 2.35. The minimum absolute atomic E-state index is 0.0127. The molecule has 1 heterocycles. The summed E-state index contributed by atoms with van der Waals surface area (Å²) in [5, 5.41) is 3.16. The van der Waals surface area contributed by atoms with E-state index in [0.717, 1.165) is 15.6 Å². The van der Waals surface area contributed by atoms with E-state index >= 15 is 0 Å². The van der Waals surface area contributed by atoms with E-state index in [4.69, 9.17) is 21.1 Å². The number of anilines is 2. The predicted molar refractivity (Wildman–Crippen MR) is 122 cm³/mol. The maximum atomic E-state index is 12.5. The lowest BCUT2D eigenvalue weighted by Gasteiger charge is -2.19. The summed E-state index contributed by atoms with van der Waals surface area (Å²) in [7, 11) is 1.49. The number of methoxy groups -OCH3 is 1. The average Bonchev–Trinajstić information content (AvgIpc) is 3.11. The number of hydrogen-bond donors (Lipinski definition) is 1. The Morgan fingerprint density at radius 3 is 2.55 bits per heavy atom. The zero-order valence-corrected chi connectivity index (χ0v) is 19.7. The van der Waals surface area contributed by atoms with Crippen molar-refractivity contribution in [2.75, 3.05) is 30.5 Å². The molecule has 1 aliphatic heterocycles. The molecule has 0 saturated carbocycles. The maximum Gasteiger partial charge on any atom is 0.311 e. The van der Waals surface area contributed by atoms with Crippen LogP contribution in [-0.4, -0.2) is 38.0 Å². The SMILES string of the molecule is COc1ccc(Cl)cc1N1C[C@H](C(=O)OCC(=O)Nc2cc(C)c(Br)c(C)c2)CC1=O. The number of rotatable bonds is 6. The van der Waals surface area contributed by atoms with Gasteiger partial charge in [-0.2, -0.15) is 0 Å². The molecule has 164 valence electrons. The van der Waals surface area contributed by atoms with Crippen molar-refractivity contribution in [3.8, 4) is 5.75 Å². The third-order valence-corrected chi connectivity index (χ3v) is 6.44. The topological polar surface area (TPSA) is 84.9 Å². The summed E-state index contributed by atoms with van der Waals surface area (Å²) in [5.74, 6) is -1.50. The second kappa shape index (κ2) is 9.70. The van der Waals surface area contributed by atoms with E-state index in [2.05, 4.69) is 21.2 Å². The second-order valence-electron chi connectivity index (χ2n) is 7.30. The van der Waals surface area contributed by atoms with Crippen LogP contribution in [0.15, 0.2) is 34.8 Å². The molecular weight excluding hydrogens is 488 g/mol. The number of nitrogens with zero attached hydrogens (tertiary/aromatic N) is 1. The van der Waals surface area contributed by atoms with Crippen molar-refractivity contribution in [2.24, 2.45) is 5.92 Å². The summed E-state index contributed by atoms with van der Waals surface area (Å²) in [5.41, 5.74) is 3.07. The minimum Gasteiger partial charge on any atom is -0.495 e. The predicted octanol–water partition coefficient (Wildman–Crippen LogP) is 4.26. The first kappa shape index (κ1) is 23.1. The van der Waals surface area contributed by atoms with Gasteiger partial charge in [0.2, 0.25) is 5.91 Å². The largest absolute Gasteiger partial charge is 0.495 e. The number of ether oxygens (including phenoxy) is 2. The smallest absolute Gasteiger partial charge is 0.311 e. The Bertz CT molecular complexity index is 1020. The lowest BCUT2D eigenvalue weighted by Crippen LogP contribution is -2.28. The van der Waals surface area contributed by atoms with Crippen LogP contribution >= 0.6 is 27.5 Å². The standard InChI is InChI=1S/C22H22BrClN2O5/c1-12-6-16(7-13(2)21(12)23)25-19(27)11-31-22(29)14-8-20(28)26(10-14)17-9-15(24)4-5-18(17)30-3/h4-7,9,14H,8,10-11H2,1-3H3,(H,25,27)/t14-/m1/s1. The van der Waals surface area contributed by atoms with Crippen molar-refractivity contribution in [1.82, 2.24) is 0 Å². The first-order valence-electron chi connectivity index (χ1n) is 9.56. The molecule has 1 N–H and O–H groups in total. The van der Waals surface area contributed by atoms with Gasteiger partial charge in [-0.3, -0.25) is 14.4 Å². The van der Waals surface area contributed by atoms with Gasteiger partial charge in [-0.25, -0.2) is 0 Å². The monoisotopic (exact) mass is 508 g/mol. The lowest BCUT2D eigenvalue weighted by molar-refractivity contribution is -0.151. The van der Waals surface area contributed by atoms with Crippen LogP contribution in [0, 0.1) is 19.8 Å². The van der Waals surface area contributed by atoms with Gasteiger partial charge < -0.3 is 19.7 Å². The fraction of sp³-hybridized carbons (Fsp3) is 0.318. The van der Waals surface area contributed by atoms with E-state index in [9.17, 15) is 14.4 Å². The first-order valence-corrected chi connectivity index (χ1v) is 10.7. The van der Waals surface area contributed by atoms with Gasteiger partial charge in [-0.15, -0.1) is 0 Å². The van der Waals surface area contributed by atoms with Crippen LogP contribution in [0.5, 0.6) is 5.75 Å². The molecule has 2 aromatic rings. The van der Waals surface area contributed by atoms with Crippen LogP contribution in [0.4, 0.5) is 11.4 Å². The lowest BCUT2D eigenvalue weighted by atomic mass is 10.1. The quantitative estimate of drug-likeness (QED) is 0.588. The molecule has 0 spiro atoms. The number of esters is 1. The fourth-order valence-electron chi connectivity index (χ4n) is 3.44. The first-order chi connectivity index (χ1) is 14.7. The van der Waals surface area contributed by atoms with Gasteiger partial charge in [0.15, 0.2) is 6.61 Å². The number of benzene rings is 2. The zero-order valence-electron chi connectivity index (χ0n) is 17.3. The van der Waals surface area contributed by atoms with Crippen LogP contribution in [0.25, 0.3) is 0 Å². The Labute approximate surface area is 193 Å². The van der Waals surface area contributed by atoms with Crippen LogP contribution in [0.2, 0.25) is 5.02 Å². The number of nitrogens with one attached hydrogen (secondary N) is 1. The Kier molecular flexibility index (Phi) is 7.23. The van der Waals surface area contributed by atoms with Gasteiger partial charge in [0, 0.05) is 28.1 Å². The van der Waals surface area contributed by atoms with Crippen LogP contribution in [0.3, 0.4) is 0 Å². The Morgan fingerprint density at radius 1 is 1.23 bits per heavy atom. The number of carbonyl (C=O) groups excluding carboxylic acids is 3. The molecule has 1 saturated heterocycles. The van der Waals surface area contributed by atoms with Gasteiger partial charge in [0.1, 0.15) is 5.75 Å². The minimum atomic E-state index is -0.679. The molecule has 3 rings (SSSR count). The molecule has 1 aliphatic rings. The second-order valence-corrected chi connectivity index (χ2v) is 8.53. The van der Waals surface area contributed by atoms with Crippen molar-refractivity contribution in [3.05, 3.63) is 51.0 Å². The van der Waals surface area contributed by atoms with Gasteiger partial charge in [-0.1, -0.05) is 27.5 Å². The molecular formula is C22H22BrClN2O5. The molecule has 7 nitrogen and oxygen atoms in total. The summed E-state index contributed by atoms with van der Waals surface area (Å²) < 4.78 is 11.4. The van der Waals surface area contributed by atoms with Crippen LogP contribution in [-0.2, 0) is 19.1 Å². The number of halogens is 2. The van der Waals surface area contributed by atoms with Crippen molar-refractivity contribution < 1.29 is 23.9 Å². The van der Waals surface area contributed by atoms with Crippen LogP contribution in [0.1, 0.15) is 17.5 Å². The van der Waals surface area contributed by atoms with Gasteiger partial charge in [-0.05, 0) is 55.3 Å². The van der Waals surface area contributed by atoms with E-state index in [1.165, 1.54) is 12.0 Å². The normalized spacial score (nSPS) is 15.7. The highest BCUT2D eigenvalue weighted by Gasteiger charge is 2.37. The summed E-state index contributed by atoms with van der Waals surface area (Å²) in [6.45, 7) is 3.54. The summed E-state index contributed by atoms with van der Waals surface area (Å²) in [4.78, 5) is 38.6. The molecule has 0 unspecified atom stereocenters.